The number of nitrogens with zero attached hydrogens (tertiary/aromatic N) is 1. The van der Waals surface area contributed by atoms with Crippen molar-refractivity contribution in [2.24, 2.45) is 5.92 Å². The van der Waals surface area contributed by atoms with E-state index in [0.29, 0.717) is 12.0 Å². The van der Waals surface area contributed by atoms with Crippen LogP contribution in [0.1, 0.15) is 70.6 Å². The maximum atomic E-state index is 12.7. The van der Waals surface area contributed by atoms with Crippen LogP contribution in [0.3, 0.4) is 0 Å². The topological polar surface area (TPSA) is 52.6 Å². The molecule has 1 heterocycles. The van der Waals surface area contributed by atoms with Crippen molar-refractivity contribution in [3.05, 3.63) is 0 Å². The average Bonchev–Trinajstić information content (AvgIpc) is 2.94. The van der Waals surface area contributed by atoms with Crippen molar-refractivity contribution in [2.75, 3.05) is 6.54 Å². The molecule has 0 aromatic carbocycles. The van der Waals surface area contributed by atoms with Gasteiger partial charge in [-0.1, -0.05) is 25.7 Å². The molecule has 2 aliphatic carbocycles. The minimum Gasteiger partial charge on any atom is -0.393 e. The standard InChI is InChI=1S/C17H30N2O2/c20-16-11-6-9-14(16)15-10-4-5-12-19(15)17(21)18-13-7-2-1-3-8-13/h13-16,20H,1-12H2,(H,18,21). The van der Waals surface area contributed by atoms with Crippen LogP contribution >= 0.6 is 0 Å². The number of likely N-dealkylation sites (tertiary alicyclic amines) is 1. The third-order valence-corrected chi connectivity index (χ3v) is 5.77. The molecule has 1 saturated heterocycles. The molecule has 2 amide bonds. The number of aliphatic hydroxyl groups is 1. The predicted molar refractivity (Wildman–Crippen MR) is 83.1 cm³/mol. The smallest absolute Gasteiger partial charge is 0.317 e. The second-order valence-corrected chi connectivity index (χ2v) is 7.20. The van der Waals surface area contributed by atoms with Gasteiger partial charge in [0, 0.05) is 24.5 Å². The molecule has 4 heteroatoms. The summed E-state index contributed by atoms with van der Waals surface area (Å²) in [6.45, 7) is 0.867. The summed E-state index contributed by atoms with van der Waals surface area (Å²) in [5, 5.41) is 13.5. The maximum Gasteiger partial charge on any atom is 0.317 e. The van der Waals surface area contributed by atoms with Crippen molar-refractivity contribution >= 4 is 6.03 Å². The molecule has 3 aliphatic rings. The van der Waals surface area contributed by atoms with Crippen LogP contribution in [0.25, 0.3) is 0 Å². The Morgan fingerprint density at radius 3 is 2.38 bits per heavy atom. The summed E-state index contributed by atoms with van der Waals surface area (Å²) < 4.78 is 0. The van der Waals surface area contributed by atoms with Crippen LogP contribution in [0.2, 0.25) is 0 Å². The van der Waals surface area contributed by atoms with Gasteiger partial charge in [0.25, 0.3) is 0 Å². The Balaban J connectivity index is 1.61. The van der Waals surface area contributed by atoms with Gasteiger partial charge in [-0.3, -0.25) is 0 Å². The zero-order chi connectivity index (χ0) is 14.7. The molecular weight excluding hydrogens is 264 g/mol. The second kappa shape index (κ2) is 6.99. The monoisotopic (exact) mass is 294 g/mol. The molecule has 0 radical (unpaired) electrons. The predicted octanol–water partition coefficient (Wildman–Crippen LogP) is 3.04. The molecule has 2 N–H and O–H groups in total. The number of urea groups is 1. The molecule has 0 bridgehead atoms. The summed E-state index contributed by atoms with van der Waals surface area (Å²) in [7, 11) is 0. The first-order valence-corrected chi connectivity index (χ1v) is 9.01. The highest BCUT2D eigenvalue weighted by molar-refractivity contribution is 5.75. The largest absolute Gasteiger partial charge is 0.393 e. The zero-order valence-electron chi connectivity index (χ0n) is 13.1. The van der Waals surface area contributed by atoms with Gasteiger partial charge in [-0.25, -0.2) is 4.79 Å². The lowest BCUT2D eigenvalue weighted by Crippen LogP contribution is -2.54. The first-order valence-electron chi connectivity index (χ1n) is 9.01. The molecule has 3 unspecified atom stereocenters. The Bertz CT molecular complexity index is 355. The number of nitrogens with one attached hydrogen (secondary N) is 1. The van der Waals surface area contributed by atoms with Gasteiger partial charge >= 0.3 is 6.03 Å². The van der Waals surface area contributed by atoms with E-state index in [0.717, 1.165) is 51.5 Å². The minimum atomic E-state index is -0.196. The van der Waals surface area contributed by atoms with Gasteiger partial charge in [0.05, 0.1) is 6.10 Å². The average molecular weight is 294 g/mol. The SMILES string of the molecule is O=C(NC1CCCCC1)N1CCCCC1C1CCCC1O. The van der Waals surface area contributed by atoms with E-state index in [-0.39, 0.29) is 18.2 Å². The maximum absolute atomic E-state index is 12.7. The number of rotatable bonds is 2. The summed E-state index contributed by atoms with van der Waals surface area (Å²) >= 11 is 0. The van der Waals surface area contributed by atoms with E-state index in [4.69, 9.17) is 0 Å². The normalized spacial score (nSPS) is 34.9. The molecule has 4 nitrogen and oxygen atoms in total. The fourth-order valence-corrected chi connectivity index (χ4v) is 4.58. The molecule has 3 atom stereocenters. The minimum absolute atomic E-state index is 0.130. The summed E-state index contributed by atoms with van der Waals surface area (Å²) in [6, 6.07) is 0.771. The molecule has 0 aromatic rings. The van der Waals surface area contributed by atoms with Crippen molar-refractivity contribution in [1.29, 1.82) is 0 Å². The van der Waals surface area contributed by atoms with Crippen LogP contribution < -0.4 is 5.32 Å². The summed E-state index contributed by atoms with van der Waals surface area (Å²) in [5.74, 6) is 0.308. The van der Waals surface area contributed by atoms with Gasteiger partial charge in [0.2, 0.25) is 0 Å². The highest BCUT2D eigenvalue weighted by Gasteiger charge is 2.39. The molecule has 3 rings (SSSR count). The molecule has 0 aromatic heterocycles. The van der Waals surface area contributed by atoms with Gasteiger partial charge in [0.15, 0.2) is 0 Å². The van der Waals surface area contributed by atoms with Gasteiger partial charge in [0.1, 0.15) is 0 Å². The van der Waals surface area contributed by atoms with E-state index in [2.05, 4.69) is 10.2 Å². The lowest BCUT2D eigenvalue weighted by atomic mass is 9.88. The van der Waals surface area contributed by atoms with Crippen molar-refractivity contribution in [3.8, 4) is 0 Å². The highest BCUT2D eigenvalue weighted by atomic mass is 16.3. The third kappa shape index (κ3) is 3.53. The van der Waals surface area contributed by atoms with Crippen LogP contribution in [-0.4, -0.2) is 40.8 Å². The Labute approximate surface area is 128 Å². The van der Waals surface area contributed by atoms with Crippen molar-refractivity contribution in [1.82, 2.24) is 10.2 Å². The zero-order valence-corrected chi connectivity index (χ0v) is 13.1. The molecule has 2 saturated carbocycles. The van der Waals surface area contributed by atoms with Crippen LogP contribution in [0.5, 0.6) is 0 Å². The Morgan fingerprint density at radius 2 is 1.67 bits per heavy atom. The number of carbonyl (C=O) groups is 1. The van der Waals surface area contributed by atoms with Gasteiger partial charge in [-0.15, -0.1) is 0 Å². The summed E-state index contributed by atoms with van der Waals surface area (Å²) in [5.41, 5.74) is 0. The van der Waals surface area contributed by atoms with E-state index >= 15 is 0 Å². The molecular formula is C17H30N2O2. The quantitative estimate of drug-likeness (QED) is 0.822. The first-order chi connectivity index (χ1) is 10.3. The number of hydrogen-bond donors (Lipinski definition) is 2. The van der Waals surface area contributed by atoms with E-state index in [1.807, 2.05) is 0 Å². The molecule has 120 valence electrons. The van der Waals surface area contributed by atoms with Gasteiger partial charge < -0.3 is 15.3 Å². The van der Waals surface area contributed by atoms with Crippen molar-refractivity contribution < 1.29 is 9.90 Å². The Morgan fingerprint density at radius 1 is 0.905 bits per heavy atom. The fraction of sp³-hybridized carbons (Fsp3) is 0.941. The van der Waals surface area contributed by atoms with Crippen molar-refractivity contribution in [2.45, 2.75) is 88.8 Å². The van der Waals surface area contributed by atoms with E-state index < -0.39 is 0 Å². The molecule has 3 fully saturated rings. The number of amides is 2. The van der Waals surface area contributed by atoms with Crippen LogP contribution in [0, 0.1) is 5.92 Å². The Kier molecular flexibility index (Phi) is 5.04. The van der Waals surface area contributed by atoms with Crippen molar-refractivity contribution in [3.63, 3.8) is 0 Å². The number of carbonyl (C=O) groups excluding carboxylic acids is 1. The summed E-state index contributed by atoms with van der Waals surface area (Å²) in [4.78, 5) is 14.7. The second-order valence-electron chi connectivity index (χ2n) is 7.20. The van der Waals surface area contributed by atoms with E-state index in [1.54, 1.807) is 0 Å². The Hall–Kier alpha value is -0.770. The van der Waals surface area contributed by atoms with Crippen LogP contribution in [0.4, 0.5) is 4.79 Å². The fourth-order valence-electron chi connectivity index (χ4n) is 4.58. The van der Waals surface area contributed by atoms with E-state index in [1.165, 1.54) is 25.7 Å². The highest BCUT2D eigenvalue weighted by Crippen LogP contribution is 2.35. The molecule has 21 heavy (non-hydrogen) atoms. The lowest BCUT2D eigenvalue weighted by Gasteiger charge is -2.41. The number of aliphatic hydroxyl groups excluding tert-OH is 1. The molecule has 1 aliphatic heterocycles. The van der Waals surface area contributed by atoms with Gasteiger partial charge in [-0.2, -0.15) is 0 Å². The van der Waals surface area contributed by atoms with Crippen LogP contribution in [-0.2, 0) is 0 Å². The summed E-state index contributed by atoms with van der Waals surface area (Å²) in [6.07, 6.45) is 12.4. The first kappa shape index (κ1) is 15.1. The number of piperidine rings is 1. The lowest BCUT2D eigenvalue weighted by molar-refractivity contribution is 0.0516. The molecule has 0 spiro atoms. The van der Waals surface area contributed by atoms with E-state index in [9.17, 15) is 9.90 Å². The third-order valence-electron chi connectivity index (χ3n) is 5.77. The van der Waals surface area contributed by atoms with Crippen LogP contribution in [0.15, 0.2) is 0 Å². The van der Waals surface area contributed by atoms with Gasteiger partial charge in [-0.05, 0) is 44.9 Å². The number of hydrogen-bond acceptors (Lipinski definition) is 2.